The van der Waals surface area contributed by atoms with Crippen molar-refractivity contribution in [2.75, 3.05) is 41.3 Å². The summed E-state index contributed by atoms with van der Waals surface area (Å²) < 4.78 is 9.75. The van der Waals surface area contributed by atoms with Crippen LogP contribution in [0.15, 0.2) is 0 Å². The van der Waals surface area contributed by atoms with E-state index < -0.39 is 18.6 Å². The van der Waals surface area contributed by atoms with Gasteiger partial charge in [-0.1, -0.05) is 0 Å². The van der Waals surface area contributed by atoms with Crippen molar-refractivity contribution >= 4 is 6.16 Å². The molecule has 7 nitrogen and oxygen atoms in total. The summed E-state index contributed by atoms with van der Waals surface area (Å²) in [7, 11) is 7.68. The minimum absolute atomic E-state index is 0.551. The third-order valence-corrected chi connectivity index (χ3v) is 2.22. The molecule has 2 unspecified atom stereocenters. The molecule has 0 aliphatic heterocycles. The number of nitrogens with zero attached hydrogens (tertiary/aromatic N) is 2. The molecule has 0 aliphatic rings. The standard InChI is InChI=1S/C11H26N4O3/c1-14(2)7-5-9(12)17-11(16)18-10(13)6-8-15(3)4/h9-10H,5-8,12-13H2,1-4H3. The van der Waals surface area contributed by atoms with Gasteiger partial charge in [0.05, 0.1) is 0 Å². The molecule has 0 amide bonds. The van der Waals surface area contributed by atoms with Crippen LogP contribution in [0.25, 0.3) is 0 Å². The summed E-state index contributed by atoms with van der Waals surface area (Å²) in [6.45, 7) is 1.47. The first kappa shape index (κ1) is 17.1. The van der Waals surface area contributed by atoms with Crippen LogP contribution in [0.2, 0.25) is 0 Å². The van der Waals surface area contributed by atoms with Crippen LogP contribution in [0.4, 0.5) is 4.79 Å². The maximum absolute atomic E-state index is 11.3. The lowest BCUT2D eigenvalue weighted by Crippen LogP contribution is -2.35. The number of rotatable bonds is 8. The molecular formula is C11H26N4O3. The highest BCUT2D eigenvalue weighted by Crippen LogP contribution is 1.99. The summed E-state index contributed by atoms with van der Waals surface area (Å²) in [5.74, 6) is 0. The van der Waals surface area contributed by atoms with Gasteiger partial charge in [0.2, 0.25) is 0 Å². The molecule has 2 atom stereocenters. The van der Waals surface area contributed by atoms with E-state index in [4.69, 9.17) is 20.9 Å². The third kappa shape index (κ3) is 10.3. The van der Waals surface area contributed by atoms with Crippen molar-refractivity contribution in [1.82, 2.24) is 9.80 Å². The average Bonchev–Trinajstić information content (AvgIpc) is 2.23. The van der Waals surface area contributed by atoms with Gasteiger partial charge in [-0.2, -0.15) is 0 Å². The first-order chi connectivity index (χ1) is 8.31. The van der Waals surface area contributed by atoms with E-state index in [2.05, 4.69) is 0 Å². The molecule has 0 radical (unpaired) electrons. The van der Waals surface area contributed by atoms with Crippen molar-refractivity contribution in [1.29, 1.82) is 0 Å². The Hall–Kier alpha value is -0.890. The third-order valence-electron chi connectivity index (χ3n) is 2.22. The van der Waals surface area contributed by atoms with Crippen LogP contribution in [0.5, 0.6) is 0 Å². The molecule has 18 heavy (non-hydrogen) atoms. The van der Waals surface area contributed by atoms with Gasteiger partial charge in [0.1, 0.15) is 0 Å². The van der Waals surface area contributed by atoms with Gasteiger partial charge in [-0.05, 0) is 28.2 Å². The topological polar surface area (TPSA) is 94.0 Å². The second kappa shape index (κ2) is 9.09. The fourth-order valence-electron chi connectivity index (χ4n) is 1.16. The summed E-state index contributed by atoms with van der Waals surface area (Å²) in [5, 5.41) is 0. The van der Waals surface area contributed by atoms with E-state index in [1.54, 1.807) is 0 Å². The quantitative estimate of drug-likeness (QED) is 0.454. The number of ether oxygens (including phenoxy) is 2. The first-order valence-electron chi connectivity index (χ1n) is 5.99. The molecule has 0 heterocycles. The Morgan fingerprint density at radius 2 is 1.28 bits per heavy atom. The second-order valence-electron chi connectivity index (χ2n) is 4.75. The van der Waals surface area contributed by atoms with Crippen LogP contribution < -0.4 is 11.5 Å². The number of nitrogens with two attached hydrogens (primary N) is 2. The Morgan fingerprint density at radius 3 is 1.56 bits per heavy atom. The number of carbonyl (C=O) groups is 1. The normalized spacial score (nSPS) is 14.7. The predicted octanol–water partition coefficient (Wildman–Crippen LogP) is -0.387. The summed E-state index contributed by atoms with van der Waals surface area (Å²) in [6, 6.07) is 0. The summed E-state index contributed by atoms with van der Waals surface area (Å²) in [5.41, 5.74) is 11.2. The van der Waals surface area contributed by atoms with Crippen LogP contribution in [0.1, 0.15) is 12.8 Å². The van der Waals surface area contributed by atoms with E-state index >= 15 is 0 Å². The number of hydrogen-bond acceptors (Lipinski definition) is 7. The van der Waals surface area contributed by atoms with E-state index in [0.717, 1.165) is 13.1 Å². The molecule has 0 bridgehead atoms. The molecule has 0 spiro atoms. The molecule has 7 heteroatoms. The Bertz CT molecular complexity index is 214. The maximum atomic E-state index is 11.3. The lowest BCUT2D eigenvalue weighted by molar-refractivity contribution is -0.00505. The monoisotopic (exact) mass is 262 g/mol. The van der Waals surface area contributed by atoms with E-state index in [-0.39, 0.29) is 0 Å². The highest BCUT2D eigenvalue weighted by atomic mass is 16.7. The lowest BCUT2D eigenvalue weighted by Gasteiger charge is -2.18. The van der Waals surface area contributed by atoms with Gasteiger partial charge >= 0.3 is 6.16 Å². The predicted molar refractivity (Wildman–Crippen MR) is 69.9 cm³/mol. The summed E-state index contributed by atoms with van der Waals surface area (Å²) >= 11 is 0. The Morgan fingerprint density at radius 1 is 0.944 bits per heavy atom. The van der Waals surface area contributed by atoms with Crippen molar-refractivity contribution in [3.05, 3.63) is 0 Å². The van der Waals surface area contributed by atoms with Crippen LogP contribution in [-0.4, -0.2) is 69.7 Å². The number of carbonyl (C=O) groups excluding carboxylic acids is 1. The molecule has 0 aromatic carbocycles. The van der Waals surface area contributed by atoms with Gasteiger partial charge < -0.3 is 19.3 Å². The van der Waals surface area contributed by atoms with Crippen molar-refractivity contribution in [3.8, 4) is 0 Å². The van der Waals surface area contributed by atoms with E-state index in [9.17, 15) is 4.79 Å². The average molecular weight is 262 g/mol. The lowest BCUT2D eigenvalue weighted by atomic mass is 10.4. The minimum atomic E-state index is -0.812. The molecule has 0 saturated carbocycles. The molecule has 0 aliphatic carbocycles. The van der Waals surface area contributed by atoms with Gasteiger partial charge in [-0.15, -0.1) is 0 Å². The molecule has 0 fully saturated rings. The maximum Gasteiger partial charge on any atom is 0.511 e. The van der Waals surface area contributed by atoms with Crippen LogP contribution in [0.3, 0.4) is 0 Å². The molecule has 4 N–H and O–H groups in total. The number of hydrogen-bond donors (Lipinski definition) is 2. The van der Waals surface area contributed by atoms with Gasteiger partial charge in [0.15, 0.2) is 12.5 Å². The molecule has 108 valence electrons. The molecule has 0 saturated heterocycles. The van der Waals surface area contributed by atoms with E-state index in [0.29, 0.717) is 12.8 Å². The van der Waals surface area contributed by atoms with Crippen molar-refractivity contribution in [3.63, 3.8) is 0 Å². The van der Waals surface area contributed by atoms with Gasteiger partial charge in [0, 0.05) is 25.9 Å². The Balaban J connectivity index is 3.74. The van der Waals surface area contributed by atoms with Crippen molar-refractivity contribution in [2.45, 2.75) is 25.3 Å². The summed E-state index contributed by atoms with van der Waals surface area (Å²) in [4.78, 5) is 15.2. The fourth-order valence-corrected chi connectivity index (χ4v) is 1.16. The first-order valence-corrected chi connectivity index (χ1v) is 5.99. The van der Waals surface area contributed by atoms with E-state index in [1.807, 2.05) is 38.0 Å². The fraction of sp³-hybridized carbons (Fsp3) is 0.909. The smallest absolute Gasteiger partial charge is 0.415 e. The van der Waals surface area contributed by atoms with E-state index in [1.165, 1.54) is 0 Å². The SMILES string of the molecule is CN(C)CCC(N)OC(=O)OC(N)CCN(C)C. The van der Waals surface area contributed by atoms with Gasteiger partial charge in [0.25, 0.3) is 0 Å². The van der Waals surface area contributed by atoms with Gasteiger partial charge in [-0.25, -0.2) is 4.79 Å². The van der Waals surface area contributed by atoms with Gasteiger partial charge in [-0.3, -0.25) is 11.5 Å². The Labute approximate surface area is 109 Å². The van der Waals surface area contributed by atoms with Crippen LogP contribution in [0, 0.1) is 0 Å². The molecule has 0 rings (SSSR count). The zero-order valence-corrected chi connectivity index (χ0v) is 11.8. The molecule has 0 aromatic rings. The van der Waals surface area contributed by atoms with Crippen LogP contribution in [-0.2, 0) is 9.47 Å². The zero-order chi connectivity index (χ0) is 14.1. The van der Waals surface area contributed by atoms with Crippen LogP contribution >= 0.6 is 0 Å². The highest BCUT2D eigenvalue weighted by molar-refractivity contribution is 5.60. The zero-order valence-electron chi connectivity index (χ0n) is 11.8. The van der Waals surface area contributed by atoms with Crippen molar-refractivity contribution < 1.29 is 14.3 Å². The Kier molecular flexibility index (Phi) is 8.65. The second-order valence-corrected chi connectivity index (χ2v) is 4.75. The minimum Gasteiger partial charge on any atom is -0.415 e. The molecule has 0 aromatic heterocycles. The largest absolute Gasteiger partial charge is 0.511 e. The highest BCUT2D eigenvalue weighted by Gasteiger charge is 2.15. The summed E-state index contributed by atoms with van der Waals surface area (Å²) in [6.07, 6.45) is -1.04. The van der Waals surface area contributed by atoms with Crippen molar-refractivity contribution in [2.24, 2.45) is 11.5 Å². The molecular weight excluding hydrogens is 236 g/mol.